The van der Waals surface area contributed by atoms with E-state index in [1.165, 1.54) is 11.3 Å². The van der Waals surface area contributed by atoms with Crippen molar-refractivity contribution in [3.8, 4) is 16.9 Å². The minimum Gasteiger partial charge on any atom is -0.497 e. The number of ether oxygens (including phenoxy) is 1. The molecule has 0 unspecified atom stereocenters. The van der Waals surface area contributed by atoms with Crippen molar-refractivity contribution < 1.29 is 4.74 Å². The predicted molar refractivity (Wildman–Crippen MR) is 104 cm³/mol. The summed E-state index contributed by atoms with van der Waals surface area (Å²) in [6.45, 7) is 4.00. The highest BCUT2D eigenvalue weighted by atomic mass is 16.5. The van der Waals surface area contributed by atoms with Gasteiger partial charge in [-0.25, -0.2) is 0 Å². The van der Waals surface area contributed by atoms with Gasteiger partial charge in [-0.15, -0.1) is 0 Å². The summed E-state index contributed by atoms with van der Waals surface area (Å²) in [5, 5.41) is 0. The summed E-state index contributed by atoms with van der Waals surface area (Å²) in [5.41, 5.74) is 4.69. The third-order valence-corrected chi connectivity index (χ3v) is 3.80. The van der Waals surface area contributed by atoms with Crippen LogP contribution in [0.2, 0.25) is 0 Å². The molecule has 24 heavy (non-hydrogen) atoms. The zero-order valence-corrected chi connectivity index (χ0v) is 14.9. The normalized spacial score (nSPS) is 9.67. The van der Waals surface area contributed by atoms with Gasteiger partial charge in [0.1, 0.15) is 5.75 Å². The van der Waals surface area contributed by atoms with Crippen LogP contribution < -0.4 is 9.64 Å². The molecule has 0 N–H and O–H groups in total. The molecule has 2 heteroatoms. The molecule has 0 aliphatic rings. The number of hydrogen-bond donors (Lipinski definition) is 0. The molecule has 0 aromatic heterocycles. The lowest BCUT2D eigenvalue weighted by atomic mass is 10.0. The molecule has 0 heterocycles. The summed E-state index contributed by atoms with van der Waals surface area (Å²) < 4.78 is 5.29. The molecular formula is C22H25NO. The number of methoxy groups -OCH3 is 1. The van der Waals surface area contributed by atoms with Crippen molar-refractivity contribution in [2.75, 3.05) is 19.1 Å². The Hall–Kier alpha value is -2.74. The summed E-state index contributed by atoms with van der Waals surface area (Å²) in [7, 11) is 3.77. The molecule has 0 saturated heterocycles. The van der Waals surface area contributed by atoms with Crippen LogP contribution in [-0.4, -0.2) is 14.2 Å². The lowest BCUT2D eigenvalue weighted by Gasteiger charge is -2.19. The van der Waals surface area contributed by atoms with E-state index in [1.807, 2.05) is 32.0 Å². The van der Waals surface area contributed by atoms with Crippen molar-refractivity contribution in [2.24, 2.45) is 0 Å². The molecule has 3 aromatic carbocycles. The summed E-state index contributed by atoms with van der Waals surface area (Å²) in [4.78, 5) is 2.18. The molecule has 124 valence electrons. The molecule has 0 bridgehead atoms. The summed E-state index contributed by atoms with van der Waals surface area (Å²) in [5.74, 6) is 0.878. The first-order chi connectivity index (χ1) is 11.8. The Bertz CT molecular complexity index is 735. The Morgan fingerprint density at radius 2 is 1.29 bits per heavy atom. The van der Waals surface area contributed by atoms with E-state index in [9.17, 15) is 0 Å². The molecule has 3 rings (SSSR count). The monoisotopic (exact) mass is 319 g/mol. The maximum absolute atomic E-state index is 5.29. The van der Waals surface area contributed by atoms with Crippen molar-refractivity contribution in [3.63, 3.8) is 0 Å². The number of para-hydroxylation sites is 1. The van der Waals surface area contributed by atoms with E-state index in [0.717, 1.165) is 17.0 Å². The quantitative estimate of drug-likeness (QED) is 0.571. The van der Waals surface area contributed by atoms with Gasteiger partial charge in [0, 0.05) is 18.4 Å². The van der Waals surface area contributed by atoms with E-state index in [2.05, 4.69) is 72.6 Å². The zero-order chi connectivity index (χ0) is 17.4. The first-order valence-corrected chi connectivity index (χ1v) is 8.31. The molecule has 0 aliphatic heterocycles. The van der Waals surface area contributed by atoms with E-state index in [-0.39, 0.29) is 0 Å². The van der Waals surface area contributed by atoms with Crippen molar-refractivity contribution in [1.29, 1.82) is 0 Å². The Kier molecular flexibility index (Phi) is 6.44. The van der Waals surface area contributed by atoms with Crippen LogP contribution in [0.4, 0.5) is 11.4 Å². The molecule has 0 radical (unpaired) electrons. The summed E-state index contributed by atoms with van der Waals surface area (Å²) >= 11 is 0. The molecule has 0 spiro atoms. The fourth-order valence-electron chi connectivity index (χ4n) is 2.48. The molecule has 0 aliphatic carbocycles. The van der Waals surface area contributed by atoms with Gasteiger partial charge in [-0.05, 0) is 47.5 Å². The van der Waals surface area contributed by atoms with Crippen LogP contribution in [0.3, 0.4) is 0 Å². The first kappa shape index (κ1) is 17.6. The standard InChI is InChI=1S/C20H19NO.C2H6/c1-21(18-8-4-3-5-9-18)19-13-11-16(12-14-19)17-7-6-10-20(15-17)22-2;1-2/h3-15H,1-2H3;1-2H3. The van der Waals surface area contributed by atoms with Gasteiger partial charge in [0.05, 0.1) is 7.11 Å². The van der Waals surface area contributed by atoms with Crippen molar-refractivity contribution >= 4 is 11.4 Å². The minimum absolute atomic E-state index is 0.878. The van der Waals surface area contributed by atoms with Gasteiger partial charge in [-0.1, -0.05) is 56.3 Å². The van der Waals surface area contributed by atoms with Gasteiger partial charge in [0.2, 0.25) is 0 Å². The number of hydrogen-bond acceptors (Lipinski definition) is 2. The maximum atomic E-state index is 5.29. The number of nitrogens with zero attached hydrogens (tertiary/aromatic N) is 1. The number of benzene rings is 3. The Morgan fingerprint density at radius 1 is 0.667 bits per heavy atom. The third kappa shape index (κ3) is 4.17. The Morgan fingerprint density at radius 3 is 1.92 bits per heavy atom. The Labute approximate surface area is 145 Å². The van der Waals surface area contributed by atoms with Gasteiger partial charge in [0.25, 0.3) is 0 Å². The van der Waals surface area contributed by atoms with Crippen molar-refractivity contribution in [1.82, 2.24) is 0 Å². The summed E-state index contributed by atoms with van der Waals surface area (Å²) in [6.07, 6.45) is 0. The van der Waals surface area contributed by atoms with E-state index < -0.39 is 0 Å². The van der Waals surface area contributed by atoms with Crippen LogP contribution in [-0.2, 0) is 0 Å². The fraction of sp³-hybridized carbons (Fsp3) is 0.182. The first-order valence-electron chi connectivity index (χ1n) is 8.31. The SMILES string of the molecule is CC.COc1cccc(-c2ccc(N(C)c3ccccc3)cc2)c1. The third-order valence-electron chi connectivity index (χ3n) is 3.80. The van der Waals surface area contributed by atoms with E-state index in [0.29, 0.717) is 0 Å². The van der Waals surface area contributed by atoms with Crippen LogP contribution in [0.25, 0.3) is 11.1 Å². The molecule has 0 atom stereocenters. The molecule has 0 saturated carbocycles. The van der Waals surface area contributed by atoms with Crippen LogP contribution in [0.15, 0.2) is 78.9 Å². The second-order valence-corrected chi connectivity index (χ2v) is 5.17. The van der Waals surface area contributed by atoms with Crippen LogP contribution in [0.5, 0.6) is 5.75 Å². The van der Waals surface area contributed by atoms with Gasteiger partial charge in [-0.2, -0.15) is 0 Å². The second-order valence-electron chi connectivity index (χ2n) is 5.17. The minimum atomic E-state index is 0.878. The molecule has 3 aromatic rings. The van der Waals surface area contributed by atoms with Gasteiger partial charge < -0.3 is 9.64 Å². The highest BCUT2D eigenvalue weighted by Crippen LogP contribution is 2.28. The average Bonchev–Trinajstić information content (AvgIpc) is 2.70. The van der Waals surface area contributed by atoms with E-state index in [1.54, 1.807) is 7.11 Å². The van der Waals surface area contributed by atoms with Crippen molar-refractivity contribution in [2.45, 2.75) is 13.8 Å². The van der Waals surface area contributed by atoms with Gasteiger partial charge >= 0.3 is 0 Å². The highest BCUT2D eigenvalue weighted by molar-refractivity contribution is 5.70. The fourth-order valence-corrected chi connectivity index (χ4v) is 2.48. The smallest absolute Gasteiger partial charge is 0.119 e. The Balaban J connectivity index is 0.00000100. The number of anilines is 2. The zero-order valence-electron chi connectivity index (χ0n) is 14.9. The second kappa shape index (κ2) is 8.78. The van der Waals surface area contributed by atoms with E-state index in [4.69, 9.17) is 4.74 Å². The molecule has 2 nitrogen and oxygen atoms in total. The van der Waals surface area contributed by atoms with Crippen LogP contribution in [0, 0.1) is 0 Å². The van der Waals surface area contributed by atoms with E-state index >= 15 is 0 Å². The average molecular weight is 319 g/mol. The topological polar surface area (TPSA) is 12.5 Å². The molecular weight excluding hydrogens is 294 g/mol. The van der Waals surface area contributed by atoms with Crippen LogP contribution in [0.1, 0.15) is 13.8 Å². The lowest BCUT2D eigenvalue weighted by molar-refractivity contribution is 0.415. The largest absolute Gasteiger partial charge is 0.497 e. The predicted octanol–water partition coefficient (Wildman–Crippen LogP) is 6.16. The number of rotatable bonds is 4. The molecule has 0 amide bonds. The highest BCUT2D eigenvalue weighted by Gasteiger charge is 2.04. The molecule has 0 fully saturated rings. The lowest BCUT2D eigenvalue weighted by Crippen LogP contribution is -2.08. The summed E-state index contributed by atoms with van der Waals surface area (Å²) in [6, 6.07) is 27.0. The van der Waals surface area contributed by atoms with Crippen molar-refractivity contribution in [3.05, 3.63) is 78.9 Å². The van der Waals surface area contributed by atoms with Gasteiger partial charge in [0.15, 0.2) is 0 Å². The van der Waals surface area contributed by atoms with Gasteiger partial charge in [-0.3, -0.25) is 0 Å². The maximum Gasteiger partial charge on any atom is 0.119 e. The van der Waals surface area contributed by atoms with Crippen LogP contribution >= 0.6 is 0 Å².